The number of amides is 1. The van der Waals surface area contributed by atoms with Crippen LogP contribution in [0.25, 0.3) is 0 Å². The summed E-state index contributed by atoms with van der Waals surface area (Å²) in [6, 6.07) is 0.343. The molecule has 3 heteroatoms. The summed E-state index contributed by atoms with van der Waals surface area (Å²) in [6.07, 6.45) is 2.16. The lowest BCUT2D eigenvalue weighted by atomic mass is 9.91. The van der Waals surface area contributed by atoms with Crippen molar-refractivity contribution < 1.29 is 4.79 Å². The Morgan fingerprint density at radius 2 is 2.31 bits per heavy atom. The van der Waals surface area contributed by atoms with E-state index in [0.717, 1.165) is 25.9 Å². The second kappa shape index (κ2) is 4.61. The normalized spacial score (nSPS) is 28.5. The maximum atomic E-state index is 11.8. The van der Waals surface area contributed by atoms with Gasteiger partial charge in [0.2, 0.25) is 5.91 Å². The number of rotatable bonds is 2. The average Bonchev–Trinajstić information content (AvgIpc) is 2.16. The first kappa shape index (κ1) is 10.5. The van der Waals surface area contributed by atoms with Gasteiger partial charge in [-0.05, 0) is 33.2 Å². The number of hydrogen-bond acceptors (Lipinski definition) is 2. The maximum Gasteiger partial charge on any atom is 0.226 e. The molecule has 1 amide bonds. The Balaban J connectivity index is 2.53. The molecule has 2 atom stereocenters. The van der Waals surface area contributed by atoms with Crippen molar-refractivity contribution in [3.05, 3.63) is 0 Å². The van der Waals surface area contributed by atoms with Crippen molar-refractivity contribution >= 4 is 5.91 Å². The number of piperidine rings is 1. The zero-order valence-corrected chi connectivity index (χ0v) is 8.84. The van der Waals surface area contributed by atoms with Crippen LogP contribution in [0.3, 0.4) is 0 Å². The van der Waals surface area contributed by atoms with E-state index < -0.39 is 0 Å². The van der Waals surface area contributed by atoms with Crippen LogP contribution in [-0.4, -0.2) is 37.0 Å². The monoisotopic (exact) mass is 184 g/mol. The van der Waals surface area contributed by atoms with Gasteiger partial charge in [-0.25, -0.2) is 0 Å². The molecule has 0 radical (unpaired) electrons. The summed E-state index contributed by atoms with van der Waals surface area (Å²) in [4.78, 5) is 13.6. The van der Waals surface area contributed by atoms with E-state index in [1.807, 2.05) is 18.9 Å². The van der Waals surface area contributed by atoms with E-state index in [4.69, 9.17) is 0 Å². The second-order valence-corrected chi connectivity index (χ2v) is 3.84. The van der Waals surface area contributed by atoms with Crippen LogP contribution in [0.15, 0.2) is 0 Å². The highest BCUT2D eigenvalue weighted by Gasteiger charge is 2.28. The fourth-order valence-corrected chi connectivity index (χ4v) is 1.82. The van der Waals surface area contributed by atoms with Crippen LogP contribution in [0.1, 0.15) is 26.7 Å². The Bertz CT molecular complexity index is 182. The fourth-order valence-electron chi connectivity index (χ4n) is 1.82. The Hall–Kier alpha value is -0.570. The van der Waals surface area contributed by atoms with Crippen LogP contribution in [0.2, 0.25) is 0 Å². The lowest BCUT2D eigenvalue weighted by Crippen LogP contribution is -2.47. The zero-order chi connectivity index (χ0) is 9.84. The summed E-state index contributed by atoms with van der Waals surface area (Å²) in [6.45, 7) is 5.98. The summed E-state index contributed by atoms with van der Waals surface area (Å²) in [7, 11) is 1.88. The maximum absolute atomic E-state index is 11.8. The van der Waals surface area contributed by atoms with E-state index in [1.165, 1.54) is 0 Å². The SMILES string of the molecule is CCN(C)C(=O)[C@@H]1CCCN[C@@H]1C. The quantitative estimate of drug-likeness (QED) is 0.690. The highest BCUT2D eigenvalue weighted by Crippen LogP contribution is 2.18. The molecule has 1 rings (SSSR count). The van der Waals surface area contributed by atoms with Gasteiger partial charge in [-0.15, -0.1) is 0 Å². The lowest BCUT2D eigenvalue weighted by Gasteiger charge is -2.31. The van der Waals surface area contributed by atoms with Gasteiger partial charge in [0, 0.05) is 19.6 Å². The Morgan fingerprint density at radius 3 is 2.85 bits per heavy atom. The summed E-state index contributed by atoms with van der Waals surface area (Å²) >= 11 is 0. The third-order valence-electron chi connectivity index (χ3n) is 2.93. The molecule has 0 aliphatic carbocycles. The zero-order valence-electron chi connectivity index (χ0n) is 8.84. The number of carbonyl (C=O) groups is 1. The summed E-state index contributed by atoms with van der Waals surface area (Å²) in [5.41, 5.74) is 0. The van der Waals surface area contributed by atoms with Gasteiger partial charge in [-0.3, -0.25) is 4.79 Å². The van der Waals surface area contributed by atoms with E-state index in [2.05, 4.69) is 12.2 Å². The van der Waals surface area contributed by atoms with Crippen molar-refractivity contribution in [2.75, 3.05) is 20.1 Å². The molecule has 0 spiro atoms. The predicted octanol–water partition coefficient (Wildman–Crippen LogP) is 0.853. The van der Waals surface area contributed by atoms with E-state index >= 15 is 0 Å². The second-order valence-electron chi connectivity index (χ2n) is 3.84. The average molecular weight is 184 g/mol. The van der Waals surface area contributed by atoms with Gasteiger partial charge in [-0.1, -0.05) is 0 Å². The van der Waals surface area contributed by atoms with Crippen molar-refractivity contribution in [2.24, 2.45) is 5.92 Å². The third-order valence-corrected chi connectivity index (χ3v) is 2.93. The minimum Gasteiger partial charge on any atom is -0.346 e. The van der Waals surface area contributed by atoms with Crippen molar-refractivity contribution in [3.63, 3.8) is 0 Å². The standard InChI is InChI=1S/C10H20N2O/c1-4-12(3)10(13)9-6-5-7-11-8(9)2/h8-9,11H,4-7H2,1-3H3/t8-,9-/m1/s1. The van der Waals surface area contributed by atoms with Crippen molar-refractivity contribution in [3.8, 4) is 0 Å². The minimum atomic E-state index is 0.193. The molecule has 1 saturated heterocycles. The molecule has 0 bridgehead atoms. The van der Waals surface area contributed by atoms with Gasteiger partial charge >= 0.3 is 0 Å². The molecule has 0 aromatic carbocycles. The first-order valence-corrected chi connectivity index (χ1v) is 5.15. The highest BCUT2D eigenvalue weighted by molar-refractivity contribution is 5.79. The minimum absolute atomic E-state index is 0.193. The molecule has 1 aliphatic rings. The number of hydrogen-bond donors (Lipinski definition) is 1. The smallest absolute Gasteiger partial charge is 0.226 e. The van der Waals surface area contributed by atoms with Crippen molar-refractivity contribution in [1.82, 2.24) is 10.2 Å². The largest absolute Gasteiger partial charge is 0.346 e. The molecule has 1 fully saturated rings. The summed E-state index contributed by atoms with van der Waals surface area (Å²) in [5, 5.41) is 3.34. The van der Waals surface area contributed by atoms with E-state index in [0.29, 0.717) is 11.9 Å². The number of carbonyl (C=O) groups excluding carboxylic acids is 1. The Labute approximate surface area is 80.5 Å². The molecule has 0 unspecified atom stereocenters. The van der Waals surface area contributed by atoms with Gasteiger partial charge < -0.3 is 10.2 Å². The molecular weight excluding hydrogens is 164 g/mol. The van der Waals surface area contributed by atoms with E-state index in [9.17, 15) is 4.79 Å². The molecule has 13 heavy (non-hydrogen) atoms. The van der Waals surface area contributed by atoms with Crippen molar-refractivity contribution in [1.29, 1.82) is 0 Å². The Kier molecular flexibility index (Phi) is 3.72. The molecule has 3 nitrogen and oxygen atoms in total. The van der Waals surface area contributed by atoms with Crippen LogP contribution in [0.5, 0.6) is 0 Å². The van der Waals surface area contributed by atoms with Crippen LogP contribution in [0.4, 0.5) is 0 Å². The molecule has 1 aliphatic heterocycles. The van der Waals surface area contributed by atoms with Gasteiger partial charge in [0.1, 0.15) is 0 Å². The number of nitrogens with zero attached hydrogens (tertiary/aromatic N) is 1. The van der Waals surface area contributed by atoms with Gasteiger partial charge in [0.25, 0.3) is 0 Å². The van der Waals surface area contributed by atoms with Gasteiger partial charge in [0.15, 0.2) is 0 Å². The molecule has 1 N–H and O–H groups in total. The van der Waals surface area contributed by atoms with Gasteiger partial charge in [-0.2, -0.15) is 0 Å². The third kappa shape index (κ3) is 2.44. The molecule has 76 valence electrons. The molecular formula is C10H20N2O. The summed E-state index contributed by atoms with van der Waals surface area (Å²) < 4.78 is 0. The molecule has 0 aromatic rings. The predicted molar refractivity (Wildman–Crippen MR) is 53.5 cm³/mol. The Morgan fingerprint density at radius 1 is 1.62 bits per heavy atom. The van der Waals surface area contributed by atoms with Crippen LogP contribution in [-0.2, 0) is 4.79 Å². The first-order valence-electron chi connectivity index (χ1n) is 5.15. The van der Waals surface area contributed by atoms with Crippen LogP contribution in [0, 0.1) is 5.92 Å². The number of nitrogens with one attached hydrogen (secondary N) is 1. The molecule has 0 saturated carbocycles. The lowest BCUT2D eigenvalue weighted by molar-refractivity contribution is -0.135. The van der Waals surface area contributed by atoms with Crippen molar-refractivity contribution in [2.45, 2.75) is 32.7 Å². The van der Waals surface area contributed by atoms with Crippen LogP contribution >= 0.6 is 0 Å². The van der Waals surface area contributed by atoms with Crippen LogP contribution < -0.4 is 5.32 Å². The van der Waals surface area contributed by atoms with Gasteiger partial charge in [0.05, 0.1) is 5.92 Å². The molecule has 0 aromatic heterocycles. The summed E-state index contributed by atoms with van der Waals surface area (Å²) in [5.74, 6) is 0.487. The van der Waals surface area contributed by atoms with E-state index in [1.54, 1.807) is 0 Å². The first-order chi connectivity index (χ1) is 6.16. The fraction of sp³-hybridized carbons (Fsp3) is 0.900. The van der Waals surface area contributed by atoms with E-state index in [-0.39, 0.29) is 5.92 Å². The highest BCUT2D eigenvalue weighted by atomic mass is 16.2. The molecule has 1 heterocycles. The topological polar surface area (TPSA) is 32.3 Å².